The SMILES string of the molecule is Cc1ccc(-c2nc(CCNC(=O)CCC(=O)CCC(=O)c3cccs3)cs2)cc1. The van der Waals surface area contributed by atoms with Gasteiger partial charge >= 0.3 is 0 Å². The highest BCUT2D eigenvalue weighted by Crippen LogP contribution is 2.24. The first-order valence-corrected chi connectivity index (χ1v) is 11.6. The number of nitrogens with one attached hydrogen (secondary N) is 1. The smallest absolute Gasteiger partial charge is 0.220 e. The summed E-state index contributed by atoms with van der Waals surface area (Å²) in [6.07, 6.45) is 1.35. The molecular weight excluding hydrogens is 416 g/mol. The number of thiazole rings is 1. The van der Waals surface area contributed by atoms with E-state index in [-0.39, 0.29) is 43.2 Å². The van der Waals surface area contributed by atoms with Crippen LogP contribution in [-0.4, -0.2) is 29.0 Å². The second-order valence-corrected chi connectivity index (χ2v) is 8.85. The highest BCUT2D eigenvalue weighted by molar-refractivity contribution is 7.13. The average Bonchev–Trinajstić information content (AvgIpc) is 3.43. The van der Waals surface area contributed by atoms with Crippen LogP contribution in [-0.2, 0) is 16.0 Å². The van der Waals surface area contributed by atoms with Crippen LogP contribution >= 0.6 is 22.7 Å². The van der Waals surface area contributed by atoms with E-state index in [1.165, 1.54) is 16.9 Å². The van der Waals surface area contributed by atoms with E-state index < -0.39 is 0 Å². The first-order valence-electron chi connectivity index (χ1n) is 9.88. The number of rotatable bonds is 11. The fourth-order valence-electron chi connectivity index (χ4n) is 2.86. The number of ketones is 2. The zero-order valence-electron chi connectivity index (χ0n) is 16.8. The molecule has 3 rings (SSSR count). The molecule has 0 aliphatic rings. The Morgan fingerprint density at radius 2 is 1.73 bits per heavy atom. The second-order valence-electron chi connectivity index (χ2n) is 7.05. The highest BCUT2D eigenvalue weighted by Gasteiger charge is 2.12. The summed E-state index contributed by atoms with van der Waals surface area (Å²) in [5.41, 5.74) is 3.25. The maximum atomic E-state index is 12.0. The fraction of sp³-hybridized carbons (Fsp3) is 0.304. The van der Waals surface area contributed by atoms with Gasteiger partial charge in [-0.3, -0.25) is 14.4 Å². The van der Waals surface area contributed by atoms with Crippen LogP contribution < -0.4 is 5.32 Å². The summed E-state index contributed by atoms with van der Waals surface area (Å²) in [4.78, 5) is 41.1. The maximum Gasteiger partial charge on any atom is 0.220 e. The van der Waals surface area contributed by atoms with E-state index in [9.17, 15) is 14.4 Å². The van der Waals surface area contributed by atoms with Crippen molar-refractivity contribution in [1.29, 1.82) is 0 Å². The van der Waals surface area contributed by atoms with Crippen LogP contribution in [0.5, 0.6) is 0 Å². The minimum Gasteiger partial charge on any atom is -0.356 e. The quantitative estimate of drug-likeness (QED) is 0.433. The minimum atomic E-state index is -0.151. The molecule has 0 aliphatic carbocycles. The van der Waals surface area contributed by atoms with Crippen LogP contribution in [0.2, 0.25) is 0 Å². The number of Topliss-reactive ketones (excluding diaryl/α,β-unsaturated/α-hetero) is 2. The van der Waals surface area contributed by atoms with Crippen molar-refractivity contribution < 1.29 is 14.4 Å². The molecule has 0 bridgehead atoms. The largest absolute Gasteiger partial charge is 0.356 e. The van der Waals surface area contributed by atoms with Gasteiger partial charge in [0.2, 0.25) is 5.91 Å². The summed E-state index contributed by atoms with van der Waals surface area (Å²) in [5, 5.41) is 7.66. The zero-order valence-corrected chi connectivity index (χ0v) is 18.5. The highest BCUT2D eigenvalue weighted by atomic mass is 32.1. The van der Waals surface area contributed by atoms with Crippen LogP contribution in [0.3, 0.4) is 0 Å². The number of amides is 1. The van der Waals surface area contributed by atoms with Crippen molar-refractivity contribution in [3.05, 3.63) is 63.3 Å². The molecule has 30 heavy (non-hydrogen) atoms. The van der Waals surface area contributed by atoms with Gasteiger partial charge in [0.25, 0.3) is 0 Å². The molecule has 156 valence electrons. The molecule has 0 saturated carbocycles. The minimum absolute atomic E-state index is 0.0175. The average molecular weight is 441 g/mol. The molecule has 1 amide bonds. The van der Waals surface area contributed by atoms with Crippen molar-refractivity contribution in [1.82, 2.24) is 10.3 Å². The summed E-state index contributed by atoms with van der Waals surface area (Å²) >= 11 is 2.97. The summed E-state index contributed by atoms with van der Waals surface area (Å²) in [5.74, 6) is -0.227. The number of carbonyl (C=O) groups excluding carboxylic acids is 3. The molecule has 0 atom stereocenters. The number of hydrogen-bond donors (Lipinski definition) is 1. The van der Waals surface area contributed by atoms with Crippen LogP contribution in [0.4, 0.5) is 0 Å². The monoisotopic (exact) mass is 440 g/mol. The zero-order chi connectivity index (χ0) is 21.3. The number of nitrogens with zero attached hydrogens (tertiary/aromatic N) is 1. The first kappa shape index (κ1) is 22.1. The third kappa shape index (κ3) is 6.71. The number of hydrogen-bond acceptors (Lipinski definition) is 6. The Labute approximate surface area is 184 Å². The molecule has 0 radical (unpaired) electrons. The predicted octanol–water partition coefficient (Wildman–Crippen LogP) is 4.85. The molecule has 0 fully saturated rings. The standard InChI is InChI=1S/C23H24N2O3S2/c1-16-4-6-17(7-5-16)23-25-18(15-30-23)12-13-24-22(28)11-9-19(26)8-10-20(27)21-3-2-14-29-21/h2-7,14-15H,8-13H2,1H3,(H,24,28). The van der Waals surface area contributed by atoms with Gasteiger partial charge in [-0.15, -0.1) is 22.7 Å². The number of carbonyl (C=O) groups is 3. The van der Waals surface area contributed by atoms with Crippen molar-refractivity contribution in [2.45, 2.75) is 39.0 Å². The summed E-state index contributed by atoms with van der Waals surface area (Å²) in [6, 6.07) is 11.8. The van der Waals surface area contributed by atoms with Crippen LogP contribution in [0.1, 0.15) is 46.6 Å². The summed E-state index contributed by atoms with van der Waals surface area (Å²) < 4.78 is 0. The van der Waals surface area contributed by atoms with Gasteiger partial charge in [0, 0.05) is 49.6 Å². The third-order valence-corrected chi connectivity index (χ3v) is 6.46. The molecule has 1 N–H and O–H groups in total. The third-order valence-electron chi connectivity index (χ3n) is 4.61. The molecule has 3 aromatic rings. The lowest BCUT2D eigenvalue weighted by molar-refractivity contribution is -0.125. The van der Waals surface area contributed by atoms with E-state index in [2.05, 4.69) is 41.5 Å². The summed E-state index contributed by atoms with van der Waals surface area (Å²) in [6.45, 7) is 2.54. The number of aryl methyl sites for hydroxylation is 1. The molecule has 5 nitrogen and oxygen atoms in total. The van der Waals surface area contributed by atoms with Gasteiger partial charge in [-0.1, -0.05) is 35.9 Å². The molecule has 1 aromatic carbocycles. The number of benzene rings is 1. The van der Waals surface area contributed by atoms with E-state index in [0.29, 0.717) is 17.8 Å². The maximum absolute atomic E-state index is 12.0. The van der Waals surface area contributed by atoms with E-state index in [0.717, 1.165) is 16.3 Å². The molecule has 0 spiro atoms. The van der Waals surface area contributed by atoms with Gasteiger partial charge in [0.1, 0.15) is 10.8 Å². The van der Waals surface area contributed by atoms with E-state index in [1.54, 1.807) is 17.4 Å². The molecular formula is C23H24N2O3S2. The lowest BCUT2D eigenvalue weighted by Crippen LogP contribution is -2.26. The van der Waals surface area contributed by atoms with Gasteiger partial charge in [-0.05, 0) is 18.4 Å². The Balaban J connectivity index is 1.32. The van der Waals surface area contributed by atoms with Gasteiger partial charge < -0.3 is 5.32 Å². The van der Waals surface area contributed by atoms with Crippen LogP contribution in [0.15, 0.2) is 47.2 Å². The second kappa shape index (κ2) is 10.9. The molecule has 2 heterocycles. The topological polar surface area (TPSA) is 76.1 Å². The normalized spacial score (nSPS) is 10.7. The molecule has 0 aliphatic heterocycles. The predicted molar refractivity (Wildman–Crippen MR) is 121 cm³/mol. The van der Waals surface area contributed by atoms with Gasteiger partial charge in [0.15, 0.2) is 5.78 Å². The first-order chi connectivity index (χ1) is 14.5. The van der Waals surface area contributed by atoms with Crippen LogP contribution in [0.25, 0.3) is 10.6 Å². The van der Waals surface area contributed by atoms with Crippen molar-refractivity contribution in [2.24, 2.45) is 0 Å². The number of aromatic nitrogens is 1. The van der Waals surface area contributed by atoms with Crippen molar-refractivity contribution in [2.75, 3.05) is 6.54 Å². The summed E-state index contributed by atoms with van der Waals surface area (Å²) in [7, 11) is 0. The Morgan fingerprint density at radius 1 is 0.967 bits per heavy atom. The van der Waals surface area contributed by atoms with Gasteiger partial charge in [-0.25, -0.2) is 4.98 Å². The van der Waals surface area contributed by atoms with Gasteiger partial charge in [-0.2, -0.15) is 0 Å². The lowest BCUT2D eigenvalue weighted by atomic mass is 10.1. The molecule has 2 aromatic heterocycles. The molecule has 0 unspecified atom stereocenters. The van der Waals surface area contributed by atoms with Crippen molar-refractivity contribution >= 4 is 40.1 Å². The Morgan fingerprint density at radius 3 is 2.47 bits per heavy atom. The lowest BCUT2D eigenvalue weighted by Gasteiger charge is -2.04. The van der Waals surface area contributed by atoms with Crippen molar-refractivity contribution in [3.63, 3.8) is 0 Å². The Hall–Kier alpha value is -2.64. The van der Waals surface area contributed by atoms with E-state index in [4.69, 9.17) is 0 Å². The van der Waals surface area contributed by atoms with E-state index in [1.807, 2.05) is 16.8 Å². The fourth-order valence-corrected chi connectivity index (χ4v) is 4.41. The van der Waals surface area contributed by atoms with Crippen LogP contribution in [0, 0.1) is 6.92 Å². The van der Waals surface area contributed by atoms with Gasteiger partial charge in [0.05, 0.1) is 10.6 Å². The van der Waals surface area contributed by atoms with E-state index >= 15 is 0 Å². The Bertz CT molecular complexity index is 992. The number of thiophene rings is 1. The van der Waals surface area contributed by atoms with Crippen molar-refractivity contribution in [3.8, 4) is 10.6 Å². The molecule has 7 heteroatoms. The molecule has 0 saturated heterocycles. The Kier molecular flexibility index (Phi) is 8.04.